The number of sulfonamides is 1. The number of anilines is 1. The third kappa shape index (κ3) is 5.39. The molecule has 1 aliphatic rings. The molecule has 0 unspecified atom stereocenters. The predicted molar refractivity (Wildman–Crippen MR) is 112 cm³/mol. The van der Waals surface area contributed by atoms with Gasteiger partial charge >= 0.3 is 6.09 Å². The Morgan fingerprint density at radius 2 is 1.94 bits per heavy atom. The highest BCUT2D eigenvalue weighted by Crippen LogP contribution is 2.20. The zero-order valence-corrected chi connectivity index (χ0v) is 18.0. The van der Waals surface area contributed by atoms with Crippen molar-refractivity contribution < 1.29 is 27.1 Å². The van der Waals surface area contributed by atoms with Crippen LogP contribution >= 0.6 is 0 Å². The summed E-state index contributed by atoms with van der Waals surface area (Å²) in [6.45, 7) is 4.27. The third-order valence-corrected chi connectivity index (χ3v) is 6.28. The molecule has 2 aromatic carbocycles. The summed E-state index contributed by atoms with van der Waals surface area (Å²) >= 11 is 0. The maximum absolute atomic E-state index is 13.9. The topological polar surface area (TPSA) is 105 Å². The fourth-order valence-corrected chi connectivity index (χ4v) is 4.57. The summed E-state index contributed by atoms with van der Waals surface area (Å²) in [5.41, 5.74) is 1.37. The van der Waals surface area contributed by atoms with Gasteiger partial charge in [0, 0.05) is 12.2 Å². The molecule has 3 rings (SSSR count). The van der Waals surface area contributed by atoms with Crippen LogP contribution in [0.2, 0.25) is 0 Å². The Morgan fingerprint density at radius 3 is 2.58 bits per heavy atom. The van der Waals surface area contributed by atoms with E-state index in [1.54, 1.807) is 38.1 Å². The summed E-state index contributed by atoms with van der Waals surface area (Å²) in [6.07, 6.45) is -0.427. The van der Waals surface area contributed by atoms with Gasteiger partial charge in [-0.1, -0.05) is 38.1 Å². The lowest BCUT2D eigenvalue weighted by Crippen LogP contribution is -2.49. The molecule has 1 fully saturated rings. The van der Waals surface area contributed by atoms with E-state index in [1.165, 1.54) is 17.0 Å². The van der Waals surface area contributed by atoms with Gasteiger partial charge in [0.1, 0.15) is 23.4 Å². The monoisotopic (exact) mass is 449 g/mol. The van der Waals surface area contributed by atoms with E-state index in [0.29, 0.717) is 18.8 Å². The number of halogens is 1. The van der Waals surface area contributed by atoms with E-state index in [9.17, 15) is 22.4 Å². The molecule has 1 saturated heterocycles. The van der Waals surface area contributed by atoms with Crippen LogP contribution in [-0.4, -0.2) is 39.6 Å². The summed E-state index contributed by atoms with van der Waals surface area (Å²) in [4.78, 5) is 25.4. The number of benzene rings is 2. The van der Waals surface area contributed by atoms with E-state index in [1.807, 2.05) is 0 Å². The number of carbonyl (C=O) groups excluding carboxylic acids is 2. The molecule has 1 aliphatic heterocycles. The third-order valence-electron chi connectivity index (χ3n) is 4.81. The second kappa shape index (κ2) is 9.44. The van der Waals surface area contributed by atoms with Crippen molar-refractivity contribution in [2.45, 2.75) is 31.3 Å². The first-order valence-electron chi connectivity index (χ1n) is 9.77. The summed E-state index contributed by atoms with van der Waals surface area (Å²) in [7, 11) is -4.23. The molecule has 2 amide bonds. The molecule has 166 valence electrons. The maximum Gasteiger partial charge on any atom is 0.414 e. The Kier molecular flexibility index (Phi) is 6.91. The first-order valence-corrected chi connectivity index (χ1v) is 11.2. The van der Waals surface area contributed by atoms with Crippen molar-refractivity contribution in [1.29, 1.82) is 0 Å². The molecule has 10 heteroatoms. The molecule has 0 bridgehead atoms. The minimum atomic E-state index is -4.23. The van der Waals surface area contributed by atoms with Gasteiger partial charge in [-0.15, -0.1) is 0 Å². The van der Waals surface area contributed by atoms with Crippen LogP contribution in [-0.2, 0) is 26.1 Å². The molecule has 0 saturated carbocycles. The molecule has 0 aliphatic carbocycles. The average molecular weight is 450 g/mol. The van der Waals surface area contributed by atoms with Gasteiger partial charge in [0.2, 0.25) is 15.9 Å². The number of nitrogens with one attached hydrogen (secondary N) is 2. The van der Waals surface area contributed by atoms with E-state index >= 15 is 0 Å². The first-order chi connectivity index (χ1) is 14.7. The lowest BCUT2D eigenvalue weighted by Gasteiger charge is -2.22. The van der Waals surface area contributed by atoms with Crippen LogP contribution in [0.4, 0.5) is 14.9 Å². The van der Waals surface area contributed by atoms with Crippen LogP contribution in [0.5, 0.6) is 0 Å². The number of amides is 2. The van der Waals surface area contributed by atoms with Crippen molar-refractivity contribution in [3.63, 3.8) is 0 Å². The molecule has 1 atom stereocenters. The molecule has 31 heavy (non-hydrogen) atoms. The van der Waals surface area contributed by atoms with Gasteiger partial charge in [-0.25, -0.2) is 17.6 Å². The number of hydrogen-bond acceptors (Lipinski definition) is 5. The lowest BCUT2D eigenvalue weighted by molar-refractivity contribution is -0.123. The molecule has 0 aromatic heterocycles. The largest absolute Gasteiger partial charge is 0.447 e. The van der Waals surface area contributed by atoms with Gasteiger partial charge < -0.3 is 10.1 Å². The van der Waals surface area contributed by atoms with Gasteiger partial charge in [0.05, 0.1) is 6.54 Å². The zero-order valence-electron chi connectivity index (χ0n) is 17.2. The predicted octanol–water partition coefficient (Wildman–Crippen LogP) is 2.40. The van der Waals surface area contributed by atoms with E-state index < -0.39 is 38.8 Å². The van der Waals surface area contributed by atoms with Crippen molar-refractivity contribution >= 4 is 27.7 Å². The second-order valence-corrected chi connectivity index (χ2v) is 9.11. The molecule has 2 aromatic rings. The molecule has 8 nitrogen and oxygen atoms in total. The number of carbonyl (C=O) groups is 2. The van der Waals surface area contributed by atoms with Crippen LogP contribution in [0.1, 0.15) is 19.4 Å². The van der Waals surface area contributed by atoms with Crippen molar-refractivity contribution in [1.82, 2.24) is 10.0 Å². The highest BCUT2D eigenvalue weighted by molar-refractivity contribution is 7.89. The van der Waals surface area contributed by atoms with Gasteiger partial charge in [-0.05, 0) is 35.7 Å². The highest BCUT2D eigenvalue weighted by atomic mass is 32.2. The van der Waals surface area contributed by atoms with Crippen LogP contribution in [0.25, 0.3) is 0 Å². The maximum atomic E-state index is 13.9. The van der Waals surface area contributed by atoms with Gasteiger partial charge in [0.15, 0.2) is 0 Å². The number of hydrogen-bond donors (Lipinski definition) is 2. The fourth-order valence-electron chi connectivity index (χ4n) is 3.15. The highest BCUT2D eigenvalue weighted by Gasteiger charge is 2.30. The summed E-state index contributed by atoms with van der Waals surface area (Å²) in [6, 6.07) is 10.9. The average Bonchev–Trinajstić information content (AvgIpc) is 3.16. The number of rotatable bonds is 8. The van der Waals surface area contributed by atoms with Crippen LogP contribution in [0.15, 0.2) is 53.4 Å². The number of cyclic esters (lactones) is 1. The first kappa shape index (κ1) is 22.7. The van der Waals surface area contributed by atoms with Crippen molar-refractivity contribution in [3.05, 3.63) is 59.9 Å². The van der Waals surface area contributed by atoms with Gasteiger partial charge in [-0.3, -0.25) is 9.69 Å². The van der Waals surface area contributed by atoms with Crippen molar-refractivity contribution in [2.75, 3.05) is 18.1 Å². The van der Waals surface area contributed by atoms with Gasteiger partial charge in [-0.2, -0.15) is 4.72 Å². The van der Waals surface area contributed by atoms with Crippen molar-refractivity contribution in [2.24, 2.45) is 5.92 Å². The summed E-state index contributed by atoms with van der Waals surface area (Å²) in [5.74, 6) is -1.82. The van der Waals surface area contributed by atoms with Crippen LogP contribution < -0.4 is 14.9 Å². The molecule has 2 N–H and O–H groups in total. The SMILES string of the molecule is CC(C)[C@H](NS(=O)(=O)c1ccccc1F)C(=O)NCc1cccc(N2CCOC2=O)c1. The zero-order chi connectivity index (χ0) is 22.6. The minimum absolute atomic E-state index is 0.125. The standard InChI is InChI=1S/C21H24FN3O5S/c1-14(2)19(24-31(28,29)18-9-4-3-8-17(18)22)20(26)23-13-15-6-5-7-16(12-15)25-10-11-30-21(25)27/h3-9,12,14,19,24H,10-11,13H2,1-2H3,(H,23,26)/t19-/m0/s1. The molecule has 0 spiro atoms. The van der Waals surface area contributed by atoms with Crippen molar-refractivity contribution in [3.8, 4) is 0 Å². The van der Waals surface area contributed by atoms with E-state index in [0.717, 1.165) is 17.7 Å². The molecule has 0 radical (unpaired) electrons. The van der Waals surface area contributed by atoms with Crippen LogP contribution in [0.3, 0.4) is 0 Å². The second-order valence-electron chi connectivity index (χ2n) is 7.43. The van der Waals surface area contributed by atoms with Crippen LogP contribution in [0, 0.1) is 11.7 Å². The smallest absolute Gasteiger partial charge is 0.414 e. The Morgan fingerprint density at radius 1 is 1.19 bits per heavy atom. The Balaban J connectivity index is 1.69. The van der Waals surface area contributed by atoms with Gasteiger partial charge in [0.25, 0.3) is 0 Å². The fraction of sp³-hybridized carbons (Fsp3) is 0.333. The minimum Gasteiger partial charge on any atom is -0.447 e. The number of nitrogens with zero attached hydrogens (tertiary/aromatic N) is 1. The Hall–Kier alpha value is -2.98. The van der Waals surface area contributed by atoms with E-state index in [-0.39, 0.29) is 12.5 Å². The molecular formula is C21H24FN3O5S. The van der Waals surface area contributed by atoms with E-state index in [2.05, 4.69) is 10.0 Å². The lowest BCUT2D eigenvalue weighted by atomic mass is 10.0. The Labute approximate surface area is 180 Å². The van der Waals surface area contributed by atoms with E-state index in [4.69, 9.17) is 4.74 Å². The summed E-state index contributed by atoms with van der Waals surface area (Å²) in [5, 5.41) is 2.70. The quantitative estimate of drug-likeness (QED) is 0.644. The number of ether oxygens (including phenoxy) is 1. The summed E-state index contributed by atoms with van der Waals surface area (Å²) < 4.78 is 46.4. The molecule has 1 heterocycles. The Bertz CT molecular complexity index is 1070. The molecular weight excluding hydrogens is 425 g/mol. The normalized spacial score (nSPS) is 15.1.